The summed E-state index contributed by atoms with van der Waals surface area (Å²) < 4.78 is 33.4. The highest BCUT2D eigenvalue weighted by Crippen LogP contribution is 2.31. The van der Waals surface area contributed by atoms with Crippen LogP contribution in [-0.4, -0.2) is 32.9 Å². The van der Waals surface area contributed by atoms with Gasteiger partial charge in [-0.2, -0.15) is 0 Å². The second-order valence-electron chi connectivity index (χ2n) is 5.84. The first-order valence-corrected chi connectivity index (χ1v) is 10.2. The van der Waals surface area contributed by atoms with Crippen molar-refractivity contribution in [2.24, 2.45) is 0 Å². The number of sulfonamides is 1. The van der Waals surface area contributed by atoms with E-state index in [0.717, 1.165) is 16.0 Å². The van der Waals surface area contributed by atoms with Crippen molar-refractivity contribution in [3.63, 3.8) is 0 Å². The molecule has 0 saturated heterocycles. The molecule has 1 aromatic carbocycles. The van der Waals surface area contributed by atoms with Crippen LogP contribution in [0.25, 0.3) is 0 Å². The lowest BCUT2D eigenvalue weighted by Crippen LogP contribution is -2.33. The molecule has 1 amide bonds. The van der Waals surface area contributed by atoms with E-state index in [-0.39, 0.29) is 16.7 Å². The van der Waals surface area contributed by atoms with Gasteiger partial charge in [-0.05, 0) is 24.1 Å². The van der Waals surface area contributed by atoms with Crippen molar-refractivity contribution in [1.82, 2.24) is 9.62 Å². The number of hydrogen-bond acceptors (Lipinski definition) is 5. The molecule has 3 rings (SSSR count). The Morgan fingerprint density at radius 1 is 1.36 bits per heavy atom. The standard InChI is InChI=1S/C17H20N2O4S2/c1-12(20)19-8-7-16-14(11-19)9-17(24-16)25(21,22)18-10-13-5-3-4-6-15(13)23-2/h3-6,9,18H,7-8,10-11H2,1-2H3. The van der Waals surface area contributed by atoms with Crippen molar-refractivity contribution in [1.29, 1.82) is 0 Å². The Morgan fingerprint density at radius 2 is 2.12 bits per heavy atom. The van der Waals surface area contributed by atoms with Gasteiger partial charge in [0.1, 0.15) is 9.96 Å². The van der Waals surface area contributed by atoms with Crippen LogP contribution in [0.5, 0.6) is 5.75 Å². The molecule has 2 aromatic rings. The van der Waals surface area contributed by atoms with Crippen LogP contribution >= 0.6 is 11.3 Å². The van der Waals surface area contributed by atoms with E-state index in [2.05, 4.69) is 4.72 Å². The zero-order valence-electron chi connectivity index (χ0n) is 14.1. The quantitative estimate of drug-likeness (QED) is 0.862. The number of thiophene rings is 1. The van der Waals surface area contributed by atoms with Gasteiger partial charge >= 0.3 is 0 Å². The van der Waals surface area contributed by atoms with Crippen LogP contribution in [0.4, 0.5) is 0 Å². The van der Waals surface area contributed by atoms with Gasteiger partial charge in [-0.25, -0.2) is 13.1 Å². The average Bonchev–Trinajstić information content (AvgIpc) is 3.04. The van der Waals surface area contributed by atoms with Gasteiger partial charge in [0.15, 0.2) is 0 Å². The van der Waals surface area contributed by atoms with Crippen LogP contribution in [0.1, 0.15) is 22.9 Å². The maximum Gasteiger partial charge on any atom is 0.250 e. The topological polar surface area (TPSA) is 75.7 Å². The van der Waals surface area contributed by atoms with Crippen molar-refractivity contribution in [2.45, 2.75) is 30.6 Å². The van der Waals surface area contributed by atoms with Crippen molar-refractivity contribution < 1.29 is 17.9 Å². The summed E-state index contributed by atoms with van der Waals surface area (Å²) in [7, 11) is -2.05. The summed E-state index contributed by atoms with van der Waals surface area (Å²) in [6.07, 6.45) is 0.696. The lowest BCUT2D eigenvalue weighted by Gasteiger charge is -2.25. The molecule has 1 N–H and O–H groups in total. The minimum Gasteiger partial charge on any atom is -0.496 e. The highest BCUT2D eigenvalue weighted by atomic mass is 32.2. The molecule has 25 heavy (non-hydrogen) atoms. The fourth-order valence-electron chi connectivity index (χ4n) is 2.80. The summed E-state index contributed by atoms with van der Waals surface area (Å²) in [6, 6.07) is 8.98. The molecule has 0 spiro atoms. The zero-order valence-corrected chi connectivity index (χ0v) is 15.7. The summed E-state index contributed by atoms with van der Waals surface area (Å²) in [4.78, 5) is 14.3. The van der Waals surface area contributed by atoms with Crippen molar-refractivity contribution in [3.8, 4) is 5.75 Å². The number of para-hydroxylation sites is 1. The molecule has 0 unspecified atom stereocenters. The van der Waals surface area contributed by atoms with E-state index in [0.29, 0.717) is 25.3 Å². The number of carbonyl (C=O) groups is 1. The van der Waals surface area contributed by atoms with Gasteiger partial charge in [0, 0.05) is 37.0 Å². The Bertz CT molecular complexity index is 890. The first-order valence-electron chi connectivity index (χ1n) is 7.89. The van der Waals surface area contributed by atoms with Gasteiger partial charge in [0.25, 0.3) is 0 Å². The van der Waals surface area contributed by atoms with E-state index in [1.54, 1.807) is 24.1 Å². The van der Waals surface area contributed by atoms with E-state index in [9.17, 15) is 13.2 Å². The molecule has 0 fully saturated rings. The van der Waals surface area contributed by atoms with Crippen molar-refractivity contribution >= 4 is 27.3 Å². The summed E-state index contributed by atoms with van der Waals surface area (Å²) in [5.41, 5.74) is 1.70. The second-order valence-corrected chi connectivity index (χ2v) is 8.97. The van der Waals surface area contributed by atoms with Crippen molar-refractivity contribution in [3.05, 3.63) is 46.3 Å². The molecule has 1 aromatic heterocycles. The summed E-state index contributed by atoms with van der Waals surface area (Å²) in [6.45, 7) is 2.80. The minimum absolute atomic E-state index is 0.00977. The van der Waals surface area contributed by atoms with Crippen LogP contribution in [0.3, 0.4) is 0 Å². The van der Waals surface area contributed by atoms with Gasteiger partial charge in [-0.3, -0.25) is 4.79 Å². The molecule has 0 radical (unpaired) electrons. The third-order valence-electron chi connectivity index (χ3n) is 4.20. The monoisotopic (exact) mass is 380 g/mol. The highest BCUT2D eigenvalue weighted by molar-refractivity contribution is 7.91. The first-order chi connectivity index (χ1) is 11.9. The molecular weight excluding hydrogens is 360 g/mol. The first kappa shape index (κ1) is 17.9. The van der Waals surface area contributed by atoms with Crippen molar-refractivity contribution in [2.75, 3.05) is 13.7 Å². The highest BCUT2D eigenvalue weighted by Gasteiger charge is 2.25. The Kier molecular flexibility index (Phi) is 5.12. The number of carbonyl (C=O) groups excluding carboxylic acids is 1. The van der Waals surface area contributed by atoms with Crippen LogP contribution in [0, 0.1) is 0 Å². The molecule has 1 aliphatic heterocycles. The Hall–Kier alpha value is -1.90. The Labute approximate surface area is 151 Å². The average molecular weight is 380 g/mol. The van der Waals surface area contributed by atoms with Gasteiger partial charge in [0.2, 0.25) is 15.9 Å². The Morgan fingerprint density at radius 3 is 2.84 bits per heavy atom. The third kappa shape index (κ3) is 3.86. The summed E-state index contributed by atoms with van der Waals surface area (Å²) >= 11 is 1.28. The molecule has 0 saturated carbocycles. The predicted octanol–water partition coefficient (Wildman–Crippen LogP) is 2.14. The maximum absolute atomic E-state index is 12.6. The zero-order chi connectivity index (χ0) is 18.0. The van der Waals surface area contributed by atoms with E-state index in [1.807, 2.05) is 18.2 Å². The number of hydrogen-bond donors (Lipinski definition) is 1. The smallest absolute Gasteiger partial charge is 0.250 e. The number of ether oxygens (including phenoxy) is 1. The SMILES string of the molecule is COc1ccccc1CNS(=O)(=O)c1cc2c(s1)CCN(C(C)=O)C2. The third-order valence-corrected chi connectivity index (χ3v) is 7.31. The van der Waals surface area contributed by atoms with E-state index in [4.69, 9.17) is 4.74 Å². The second kappa shape index (κ2) is 7.15. The number of rotatable bonds is 5. The Balaban J connectivity index is 1.76. The summed E-state index contributed by atoms with van der Waals surface area (Å²) in [5.74, 6) is 0.656. The lowest BCUT2D eigenvalue weighted by atomic mass is 10.1. The van der Waals surface area contributed by atoms with Gasteiger partial charge in [0.05, 0.1) is 7.11 Å². The number of fused-ring (bicyclic) bond motifs is 1. The maximum atomic E-state index is 12.6. The van der Waals surface area contributed by atoms with Gasteiger partial charge in [-0.1, -0.05) is 18.2 Å². The molecule has 134 valence electrons. The molecular formula is C17H20N2O4S2. The molecule has 6 nitrogen and oxygen atoms in total. The number of nitrogens with zero attached hydrogens (tertiary/aromatic N) is 1. The number of benzene rings is 1. The molecule has 0 aliphatic carbocycles. The molecule has 8 heteroatoms. The van der Waals surface area contributed by atoms with Crippen LogP contribution in [0.2, 0.25) is 0 Å². The van der Waals surface area contributed by atoms with E-state index < -0.39 is 10.0 Å². The molecule has 1 aliphatic rings. The van der Waals surface area contributed by atoms with Crippen LogP contribution in [0.15, 0.2) is 34.5 Å². The van der Waals surface area contributed by atoms with Crippen LogP contribution < -0.4 is 9.46 Å². The predicted molar refractivity (Wildman–Crippen MR) is 96.1 cm³/mol. The largest absolute Gasteiger partial charge is 0.496 e. The lowest BCUT2D eigenvalue weighted by molar-refractivity contribution is -0.129. The van der Waals surface area contributed by atoms with E-state index in [1.165, 1.54) is 18.3 Å². The molecule has 0 atom stereocenters. The van der Waals surface area contributed by atoms with Gasteiger partial charge < -0.3 is 9.64 Å². The minimum atomic E-state index is -3.61. The van der Waals surface area contributed by atoms with Gasteiger partial charge in [-0.15, -0.1) is 11.3 Å². The fraction of sp³-hybridized carbons (Fsp3) is 0.353. The fourth-order valence-corrected chi connectivity index (χ4v) is 5.39. The number of methoxy groups -OCH3 is 1. The normalized spacial score (nSPS) is 14.2. The van der Waals surface area contributed by atoms with Crippen LogP contribution in [-0.2, 0) is 34.3 Å². The number of amides is 1. The number of nitrogens with one attached hydrogen (secondary N) is 1. The van der Waals surface area contributed by atoms with E-state index >= 15 is 0 Å². The molecule has 0 bridgehead atoms. The molecule has 2 heterocycles. The summed E-state index contributed by atoms with van der Waals surface area (Å²) in [5, 5.41) is 0.